The molecule has 12 N–H and O–H groups in total. The predicted molar refractivity (Wildman–Crippen MR) is 285 cm³/mol. The van der Waals surface area contributed by atoms with Crippen molar-refractivity contribution >= 4 is 47.8 Å². The Morgan fingerprint density at radius 2 is 0.662 bits per heavy atom. The summed E-state index contributed by atoms with van der Waals surface area (Å²) in [6.45, 7) is 28.5. The summed E-state index contributed by atoms with van der Waals surface area (Å²) < 4.78 is 0. The number of carbonyl (C=O) groups is 6. The van der Waals surface area contributed by atoms with E-state index >= 15 is 0 Å². The van der Waals surface area contributed by atoms with Gasteiger partial charge in [0.1, 0.15) is 0 Å². The van der Waals surface area contributed by atoms with Crippen LogP contribution in [0.4, 0.5) is 11.4 Å². The van der Waals surface area contributed by atoms with Gasteiger partial charge in [0.25, 0.3) is 23.6 Å². The molecule has 20 heteroatoms. The molecule has 6 amide bonds. The molecule has 0 aliphatic heterocycles. The third kappa shape index (κ3) is 23.4. The van der Waals surface area contributed by atoms with Crippen molar-refractivity contribution in [2.24, 2.45) is 0 Å². The number of amides is 6. The van der Waals surface area contributed by atoms with Gasteiger partial charge in [-0.05, 0) is 74.9 Å². The molecule has 71 heavy (non-hydrogen) atoms. The second kappa shape index (κ2) is 44.8. The van der Waals surface area contributed by atoms with E-state index in [0.717, 1.165) is 9.80 Å². The highest BCUT2D eigenvalue weighted by Gasteiger charge is 2.32. The summed E-state index contributed by atoms with van der Waals surface area (Å²) >= 11 is 0. The molecule has 4 unspecified atom stereocenters. The third-order valence-electron chi connectivity index (χ3n) is 9.58. The predicted octanol–water partition coefficient (Wildman–Crippen LogP) is 3.29. The molecular formula is C51H96N6O14. The SMILES string of the molecule is C.CC.CC.CC.CC.CC.CC.Cc1c(C(=O)NCCO)c(C)c(N(C=O)CC(O)C(O)CN(C=O)c2c(C)c(C(=O)NCCO)c(C)c(C(=O)NCC(O)CO)c2C)c(C)c1C(=O)NCC(O)CO. The summed E-state index contributed by atoms with van der Waals surface area (Å²) in [4.78, 5) is 80.8. The van der Waals surface area contributed by atoms with Crippen molar-refractivity contribution in [2.75, 3.05) is 75.5 Å². The molecule has 0 saturated carbocycles. The Morgan fingerprint density at radius 1 is 0.437 bits per heavy atom. The van der Waals surface area contributed by atoms with Crippen LogP contribution in [0.3, 0.4) is 0 Å². The van der Waals surface area contributed by atoms with E-state index in [2.05, 4.69) is 21.3 Å². The zero-order valence-electron chi connectivity index (χ0n) is 45.5. The summed E-state index contributed by atoms with van der Waals surface area (Å²) in [6, 6.07) is 0. The lowest BCUT2D eigenvalue weighted by Gasteiger charge is -2.32. The fourth-order valence-electron chi connectivity index (χ4n) is 6.90. The van der Waals surface area contributed by atoms with Crippen molar-refractivity contribution in [1.82, 2.24) is 21.3 Å². The molecule has 0 heterocycles. The van der Waals surface area contributed by atoms with Crippen LogP contribution in [0.1, 0.15) is 165 Å². The van der Waals surface area contributed by atoms with Crippen LogP contribution in [0.15, 0.2) is 0 Å². The van der Waals surface area contributed by atoms with Crippen molar-refractivity contribution in [3.8, 4) is 0 Å². The second-order valence-corrected chi connectivity index (χ2v) is 13.6. The lowest BCUT2D eigenvalue weighted by atomic mass is 9.89. The third-order valence-corrected chi connectivity index (χ3v) is 9.58. The van der Waals surface area contributed by atoms with E-state index in [0.29, 0.717) is 12.8 Å². The number of aliphatic hydroxyl groups is 8. The van der Waals surface area contributed by atoms with Crippen LogP contribution in [0.25, 0.3) is 0 Å². The Bertz CT molecular complexity index is 1700. The lowest BCUT2D eigenvalue weighted by Crippen LogP contribution is -2.45. The van der Waals surface area contributed by atoms with Crippen LogP contribution in [-0.4, -0.2) is 167 Å². The molecule has 2 aromatic rings. The number of rotatable bonds is 23. The molecule has 4 atom stereocenters. The topological polar surface area (TPSA) is 319 Å². The fraction of sp³-hybridized carbons (Fsp3) is 0.647. The zero-order chi connectivity index (χ0) is 56.0. The molecule has 0 aliphatic carbocycles. The van der Waals surface area contributed by atoms with Gasteiger partial charge in [-0.3, -0.25) is 28.8 Å². The maximum Gasteiger partial charge on any atom is 0.252 e. The molecule has 414 valence electrons. The smallest absolute Gasteiger partial charge is 0.252 e. The first-order valence-electron chi connectivity index (χ1n) is 24.4. The van der Waals surface area contributed by atoms with Gasteiger partial charge in [-0.25, -0.2) is 0 Å². The number of aliphatic hydroxyl groups excluding tert-OH is 8. The average molecular weight is 1020 g/mol. The van der Waals surface area contributed by atoms with Gasteiger partial charge < -0.3 is 71.9 Å². The molecule has 0 bridgehead atoms. The van der Waals surface area contributed by atoms with E-state index in [4.69, 9.17) is 0 Å². The molecule has 2 rings (SSSR count). The number of nitrogens with zero attached hydrogens (tertiary/aromatic N) is 2. The Labute approximate surface area is 425 Å². The first kappa shape index (κ1) is 77.4. The van der Waals surface area contributed by atoms with Gasteiger partial charge in [-0.2, -0.15) is 0 Å². The highest BCUT2D eigenvalue weighted by molar-refractivity contribution is 6.08. The normalized spacial score (nSPS) is 11.2. The van der Waals surface area contributed by atoms with E-state index in [1.807, 2.05) is 83.1 Å². The summed E-state index contributed by atoms with van der Waals surface area (Å²) in [7, 11) is 0. The Hall–Kier alpha value is -5.06. The van der Waals surface area contributed by atoms with Crippen molar-refractivity contribution in [1.29, 1.82) is 0 Å². The molecule has 0 aliphatic rings. The first-order chi connectivity index (χ1) is 33.4. The largest absolute Gasteiger partial charge is 0.395 e. The minimum absolute atomic E-state index is 0. The maximum atomic E-state index is 13.4. The van der Waals surface area contributed by atoms with Crippen molar-refractivity contribution in [2.45, 2.75) is 156 Å². The minimum Gasteiger partial charge on any atom is -0.395 e. The number of nitrogens with one attached hydrogen (secondary N) is 4. The van der Waals surface area contributed by atoms with E-state index in [-0.39, 0.29) is 101 Å². The summed E-state index contributed by atoms with van der Waals surface area (Å²) in [5, 5.41) is 89.3. The number of hydrogen-bond donors (Lipinski definition) is 12. The van der Waals surface area contributed by atoms with Crippen molar-refractivity contribution in [3.05, 3.63) is 55.6 Å². The standard InChI is InChI=1S/C38H56N6O14.6C2H6.CH4/c1-19-29(35(55)39-7-9-45)21(3)33(23(5)31(19)37(57)41-11-25(51)15-47)43(17-49)13-27(53)28(54)14-44(18-50)34-22(4)30(36(56)40-8-10-46)20(2)32(24(34)6)38(58)42-12-26(52)16-48;6*1-2;/h17-18,25-28,45-48,51-54H,7-16H2,1-6H3,(H,39,55)(H,40,56)(H,41,57)(H,42,58);6*1-2H3;1H4. The molecule has 20 nitrogen and oxygen atoms in total. The van der Waals surface area contributed by atoms with Crippen LogP contribution >= 0.6 is 0 Å². The average Bonchev–Trinajstić information content (AvgIpc) is 3.38. The van der Waals surface area contributed by atoms with Gasteiger partial charge in [0.15, 0.2) is 0 Å². The van der Waals surface area contributed by atoms with Gasteiger partial charge >= 0.3 is 0 Å². The van der Waals surface area contributed by atoms with Gasteiger partial charge in [0.05, 0.1) is 75.3 Å². The minimum atomic E-state index is -1.81. The summed E-state index contributed by atoms with van der Waals surface area (Å²) in [5.41, 5.74) is 0.897. The molecule has 2 aromatic carbocycles. The van der Waals surface area contributed by atoms with E-state index in [1.165, 1.54) is 41.5 Å². The maximum absolute atomic E-state index is 13.4. The lowest BCUT2D eigenvalue weighted by molar-refractivity contribution is -0.109. The van der Waals surface area contributed by atoms with E-state index in [1.54, 1.807) is 0 Å². The van der Waals surface area contributed by atoms with Crippen LogP contribution in [0.5, 0.6) is 0 Å². The van der Waals surface area contributed by atoms with Crippen molar-refractivity contribution < 1.29 is 69.6 Å². The van der Waals surface area contributed by atoms with Gasteiger partial charge in [0, 0.05) is 48.4 Å². The van der Waals surface area contributed by atoms with E-state index < -0.39 is 87.6 Å². The highest BCUT2D eigenvalue weighted by Crippen LogP contribution is 2.36. The van der Waals surface area contributed by atoms with Gasteiger partial charge in [-0.1, -0.05) is 90.5 Å². The summed E-state index contributed by atoms with van der Waals surface area (Å²) in [6.07, 6.45) is -5.61. The molecule has 0 saturated heterocycles. The van der Waals surface area contributed by atoms with E-state index in [9.17, 15) is 69.6 Å². The first-order valence-corrected chi connectivity index (χ1v) is 24.4. The molecule has 0 fully saturated rings. The number of benzene rings is 2. The molecule has 0 aromatic heterocycles. The Balaban J connectivity index is -0.000000752. The molecule has 0 spiro atoms. The molecule has 0 radical (unpaired) electrons. The van der Waals surface area contributed by atoms with Crippen LogP contribution in [0.2, 0.25) is 0 Å². The Morgan fingerprint density at radius 3 is 0.859 bits per heavy atom. The summed E-state index contributed by atoms with van der Waals surface area (Å²) in [5.74, 6) is -2.93. The molecular weight excluding hydrogens is 921 g/mol. The quantitative estimate of drug-likeness (QED) is 0.0712. The number of carbonyl (C=O) groups excluding carboxylic acids is 6. The number of anilines is 2. The van der Waals surface area contributed by atoms with Crippen LogP contribution in [0, 0.1) is 41.5 Å². The van der Waals surface area contributed by atoms with Gasteiger partial charge in [0.2, 0.25) is 12.8 Å². The fourth-order valence-corrected chi connectivity index (χ4v) is 6.90. The van der Waals surface area contributed by atoms with Crippen LogP contribution < -0.4 is 31.1 Å². The van der Waals surface area contributed by atoms with Crippen LogP contribution in [-0.2, 0) is 9.59 Å². The van der Waals surface area contributed by atoms with Gasteiger partial charge in [-0.15, -0.1) is 0 Å². The van der Waals surface area contributed by atoms with Crippen molar-refractivity contribution in [3.63, 3.8) is 0 Å². The second-order valence-electron chi connectivity index (χ2n) is 13.6. The number of hydrogen-bond acceptors (Lipinski definition) is 14. The Kier molecular flexibility index (Phi) is 48.9. The monoisotopic (exact) mass is 1020 g/mol. The zero-order valence-corrected chi connectivity index (χ0v) is 45.5. The highest BCUT2D eigenvalue weighted by atomic mass is 16.3.